The van der Waals surface area contributed by atoms with E-state index in [4.69, 9.17) is 11.6 Å². The Kier molecular flexibility index (Phi) is 4.77. The van der Waals surface area contributed by atoms with Crippen molar-refractivity contribution in [3.63, 3.8) is 0 Å². The summed E-state index contributed by atoms with van der Waals surface area (Å²) in [6.45, 7) is 0.613. The average molecular weight is 286 g/mol. The van der Waals surface area contributed by atoms with Crippen LogP contribution in [0.25, 0.3) is 0 Å². The normalized spacial score (nSPS) is 22.5. The van der Waals surface area contributed by atoms with Crippen LogP contribution in [-0.4, -0.2) is 24.2 Å². The van der Waals surface area contributed by atoms with Crippen LogP contribution in [0.4, 0.5) is 4.39 Å². The molecule has 1 aromatic rings. The smallest absolute Gasteiger partial charge is 0.254 e. The Labute approximate surface area is 116 Å². The molecule has 19 heavy (non-hydrogen) atoms. The zero-order chi connectivity index (χ0) is 13.8. The van der Waals surface area contributed by atoms with Gasteiger partial charge in [-0.1, -0.05) is 24.1 Å². The van der Waals surface area contributed by atoms with Gasteiger partial charge in [-0.05, 0) is 36.8 Å². The monoisotopic (exact) mass is 285 g/mol. The van der Waals surface area contributed by atoms with E-state index in [9.17, 15) is 14.3 Å². The van der Waals surface area contributed by atoms with Crippen LogP contribution in [0.15, 0.2) is 18.2 Å². The topological polar surface area (TPSA) is 49.3 Å². The lowest BCUT2D eigenvalue weighted by molar-refractivity contribution is 0.0933. The zero-order valence-corrected chi connectivity index (χ0v) is 11.3. The quantitative estimate of drug-likeness (QED) is 0.893. The molecule has 1 aromatic carbocycles. The fourth-order valence-corrected chi connectivity index (χ4v) is 2.80. The molecule has 0 bridgehead atoms. The minimum Gasteiger partial charge on any atom is -0.396 e. The Morgan fingerprint density at radius 1 is 1.42 bits per heavy atom. The first kappa shape index (κ1) is 14.3. The summed E-state index contributed by atoms with van der Waals surface area (Å²) in [5.74, 6) is -0.629. The third-order valence-corrected chi connectivity index (χ3v) is 4.06. The maximum Gasteiger partial charge on any atom is 0.254 e. The molecule has 1 amide bonds. The van der Waals surface area contributed by atoms with E-state index in [1.807, 2.05) is 0 Å². The van der Waals surface area contributed by atoms with Gasteiger partial charge >= 0.3 is 0 Å². The van der Waals surface area contributed by atoms with Gasteiger partial charge in [-0.3, -0.25) is 4.79 Å². The van der Waals surface area contributed by atoms with E-state index in [0.29, 0.717) is 6.54 Å². The first-order valence-corrected chi connectivity index (χ1v) is 6.84. The highest BCUT2D eigenvalue weighted by atomic mass is 35.5. The number of rotatable bonds is 4. The predicted molar refractivity (Wildman–Crippen MR) is 71.7 cm³/mol. The SMILES string of the molecule is O=C(NCC1CCCC1CO)c1cccc(Cl)c1F. The molecule has 0 aromatic heterocycles. The van der Waals surface area contributed by atoms with E-state index in [1.165, 1.54) is 12.1 Å². The highest BCUT2D eigenvalue weighted by molar-refractivity contribution is 6.31. The second kappa shape index (κ2) is 6.35. The summed E-state index contributed by atoms with van der Waals surface area (Å²) in [6, 6.07) is 4.37. The molecule has 1 saturated carbocycles. The first-order chi connectivity index (χ1) is 9.13. The number of carbonyl (C=O) groups excluding carboxylic acids is 1. The van der Waals surface area contributed by atoms with Crippen molar-refractivity contribution >= 4 is 17.5 Å². The van der Waals surface area contributed by atoms with Crippen molar-refractivity contribution in [1.29, 1.82) is 0 Å². The number of amides is 1. The molecule has 0 heterocycles. The molecule has 2 N–H and O–H groups in total. The fourth-order valence-electron chi connectivity index (χ4n) is 2.62. The van der Waals surface area contributed by atoms with Gasteiger partial charge in [0.05, 0.1) is 10.6 Å². The van der Waals surface area contributed by atoms with E-state index >= 15 is 0 Å². The number of hydrogen-bond acceptors (Lipinski definition) is 2. The Hall–Kier alpha value is -1.13. The Balaban J connectivity index is 1.96. The lowest BCUT2D eigenvalue weighted by Crippen LogP contribution is -2.32. The summed E-state index contributed by atoms with van der Waals surface area (Å²) in [5.41, 5.74) is -0.0361. The number of aliphatic hydroxyl groups excluding tert-OH is 1. The number of aliphatic hydroxyl groups is 1. The molecular weight excluding hydrogens is 269 g/mol. The van der Waals surface area contributed by atoms with Crippen LogP contribution in [0.5, 0.6) is 0 Å². The molecule has 104 valence electrons. The molecule has 0 aliphatic heterocycles. The third kappa shape index (κ3) is 3.25. The molecule has 2 unspecified atom stereocenters. The largest absolute Gasteiger partial charge is 0.396 e. The van der Waals surface area contributed by atoms with Gasteiger partial charge in [-0.2, -0.15) is 0 Å². The van der Waals surface area contributed by atoms with Crippen LogP contribution in [-0.2, 0) is 0 Å². The lowest BCUT2D eigenvalue weighted by atomic mass is 9.97. The molecule has 0 saturated heterocycles. The third-order valence-electron chi connectivity index (χ3n) is 3.77. The van der Waals surface area contributed by atoms with Gasteiger partial charge in [0.1, 0.15) is 0 Å². The number of hydrogen-bond donors (Lipinski definition) is 2. The van der Waals surface area contributed by atoms with Crippen LogP contribution in [0.1, 0.15) is 29.6 Å². The molecular formula is C14H17ClFNO2. The molecule has 2 atom stereocenters. The van der Waals surface area contributed by atoms with Gasteiger partial charge in [0.2, 0.25) is 0 Å². The number of benzene rings is 1. The van der Waals surface area contributed by atoms with Gasteiger partial charge in [0.25, 0.3) is 5.91 Å². The fraction of sp³-hybridized carbons (Fsp3) is 0.500. The maximum absolute atomic E-state index is 13.7. The van der Waals surface area contributed by atoms with E-state index in [2.05, 4.69) is 5.32 Å². The van der Waals surface area contributed by atoms with E-state index in [-0.39, 0.29) is 29.0 Å². The molecule has 2 rings (SSSR count). The van der Waals surface area contributed by atoms with Crippen molar-refractivity contribution in [2.45, 2.75) is 19.3 Å². The minimum atomic E-state index is -0.688. The van der Waals surface area contributed by atoms with Crippen LogP contribution in [0, 0.1) is 17.7 Å². The Bertz CT molecular complexity index is 467. The van der Waals surface area contributed by atoms with Gasteiger partial charge in [-0.25, -0.2) is 4.39 Å². The summed E-state index contributed by atoms with van der Waals surface area (Å²) in [7, 11) is 0. The van der Waals surface area contributed by atoms with Gasteiger partial charge in [-0.15, -0.1) is 0 Å². The van der Waals surface area contributed by atoms with Crippen molar-refractivity contribution < 1.29 is 14.3 Å². The Morgan fingerprint density at radius 2 is 2.16 bits per heavy atom. The lowest BCUT2D eigenvalue weighted by Gasteiger charge is -2.17. The summed E-state index contributed by atoms with van der Waals surface area (Å²) >= 11 is 5.64. The van der Waals surface area contributed by atoms with Crippen molar-refractivity contribution in [2.24, 2.45) is 11.8 Å². The van der Waals surface area contributed by atoms with Crippen molar-refractivity contribution in [2.75, 3.05) is 13.2 Å². The second-order valence-electron chi connectivity index (χ2n) is 4.95. The van der Waals surface area contributed by atoms with Crippen molar-refractivity contribution in [3.05, 3.63) is 34.6 Å². The number of carbonyl (C=O) groups is 1. The Morgan fingerprint density at radius 3 is 2.89 bits per heavy atom. The average Bonchev–Trinajstić information content (AvgIpc) is 2.86. The molecule has 3 nitrogen and oxygen atoms in total. The predicted octanol–water partition coefficient (Wildman–Crippen LogP) is 2.62. The molecule has 1 aliphatic carbocycles. The molecule has 0 radical (unpaired) electrons. The van der Waals surface area contributed by atoms with Crippen LogP contribution >= 0.6 is 11.6 Å². The standard InChI is InChI=1S/C14H17ClFNO2/c15-12-6-2-5-11(13(12)16)14(19)17-7-9-3-1-4-10(9)8-18/h2,5-6,9-10,18H,1,3-4,7-8H2,(H,17,19). The summed E-state index contributed by atoms with van der Waals surface area (Å²) in [6.07, 6.45) is 3.05. The number of nitrogens with one attached hydrogen (secondary N) is 1. The van der Waals surface area contributed by atoms with Crippen molar-refractivity contribution in [1.82, 2.24) is 5.32 Å². The highest BCUT2D eigenvalue weighted by Crippen LogP contribution is 2.30. The van der Waals surface area contributed by atoms with Crippen LogP contribution in [0.2, 0.25) is 5.02 Å². The molecule has 5 heteroatoms. The number of halogens is 2. The maximum atomic E-state index is 13.7. The van der Waals surface area contributed by atoms with E-state index in [0.717, 1.165) is 19.3 Å². The van der Waals surface area contributed by atoms with Gasteiger partial charge in [0.15, 0.2) is 5.82 Å². The van der Waals surface area contributed by atoms with Gasteiger partial charge < -0.3 is 10.4 Å². The van der Waals surface area contributed by atoms with E-state index in [1.54, 1.807) is 6.07 Å². The van der Waals surface area contributed by atoms with Crippen molar-refractivity contribution in [3.8, 4) is 0 Å². The first-order valence-electron chi connectivity index (χ1n) is 6.46. The minimum absolute atomic E-state index is 0.0361. The van der Waals surface area contributed by atoms with Crippen LogP contribution < -0.4 is 5.32 Å². The second-order valence-corrected chi connectivity index (χ2v) is 5.35. The molecule has 0 spiro atoms. The van der Waals surface area contributed by atoms with Gasteiger partial charge in [0, 0.05) is 13.2 Å². The highest BCUT2D eigenvalue weighted by Gasteiger charge is 2.27. The summed E-state index contributed by atoms with van der Waals surface area (Å²) < 4.78 is 13.7. The van der Waals surface area contributed by atoms with E-state index < -0.39 is 11.7 Å². The molecule has 1 aliphatic rings. The zero-order valence-electron chi connectivity index (χ0n) is 10.5. The molecule has 1 fully saturated rings. The summed E-state index contributed by atoms with van der Waals surface area (Å²) in [4.78, 5) is 11.9. The van der Waals surface area contributed by atoms with Crippen LogP contribution in [0.3, 0.4) is 0 Å². The summed E-state index contributed by atoms with van der Waals surface area (Å²) in [5, 5.41) is 11.9.